The number of aliphatic hydroxyl groups excluding tert-OH is 2. The Morgan fingerprint density at radius 1 is 0.241 bits per heavy atom. The zero-order valence-corrected chi connectivity index (χ0v) is 87.3. The molecule has 0 aliphatic carbocycles. The van der Waals surface area contributed by atoms with Crippen LogP contribution in [0.2, 0.25) is 0 Å². The summed E-state index contributed by atoms with van der Waals surface area (Å²) < 4.78 is 0. The summed E-state index contributed by atoms with van der Waals surface area (Å²) in [5.74, 6) is -17.0. The maximum Gasteiger partial charge on any atom is 0.245 e. The van der Waals surface area contributed by atoms with E-state index >= 15 is 0 Å². The van der Waals surface area contributed by atoms with E-state index in [2.05, 4.69) is 116 Å². The van der Waals surface area contributed by atoms with Gasteiger partial charge in [0.1, 0.15) is 96.7 Å². The predicted octanol–water partition coefficient (Wildman–Crippen LogP) is -4.92. The van der Waals surface area contributed by atoms with Crippen molar-refractivity contribution in [2.45, 2.75) is 372 Å². The molecule has 0 saturated carbocycles. The highest BCUT2D eigenvalue weighted by Gasteiger charge is 2.41. The van der Waals surface area contributed by atoms with Crippen molar-refractivity contribution in [1.29, 1.82) is 0 Å². The molecule has 37 N–H and O–H groups in total. The van der Waals surface area contributed by atoms with Crippen LogP contribution in [0.5, 0.6) is 0 Å². The van der Waals surface area contributed by atoms with E-state index in [4.69, 9.17) is 51.6 Å². The largest absolute Gasteiger partial charge is 0.394 e. The number of aliphatic hydroxyl groups is 2. The second kappa shape index (κ2) is 74.6. The molecule has 48 heteroatoms. The Morgan fingerprint density at radius 2 is 0.440 bits per heavy atom. The Bertz CT molecular complexity index is 3800. The molecule has 141 heavy (non-hydrogen) atoms. The molecule has 0 radical (unpaired) electrons. The van der Waals surface area contributed by atoms with Crippen molar-refractivity contribution in [2.75, 3.05) is 70.5 Å². The van der Waals surface area contributed by atoms with E-state index < -0.39 is 234 Å². The molecule has 0 aliphatic heterocycles. The van der Waals surface area contributed by atoms with E-state index in [9.17, 15) is 96.5 Å². The third kappa shape index (κ3) is 56.0. The lowest BCUT2D eigenvalue weighted by Gasteiger charge is -2.29. The number of hydrogen-bond acceptors (Lipinski definition) is 30. The topological polar surface area (TPSA) is 786 Å². The number of carbonyl (C=O) groups is 18. The molecule has 0 aliphatic rings. The minimum Gasteiger partial charge on any atom is -0.394 e. The fraction of sp³-hybridized carbons (Fsp3) is 0.806. The summed E-state index contributed by atoms with van der Waals surface area (Å²) >= 11 is 8.60. The van der Waals surface area contributed by atoms with Crippen LogP contribution in [-0.2, 0) is 86.3 Å². The van der Waals surface area contributed by atoms with Gasteiger partial charge in [-0.15, -0.1) is 0 Å². The first kappa shape index (κ1) is 132. The quantitative estimate of drug-likeness (QED) is 0.0200. The van der Waals surface area contributed by atoms with Gasteiger partial charge in [-0.05, 0) is 262 Å². The molecule has 0 heterocycles. The number of thiol groups is 2. The first-order valence-corrected chi connectivity index (χ1v) is 51.4. The summed E-state index contributed by atoms with van der Waals surface area (Å²) in [5.41, 5.74) is 52.5. The van der Waals surface area contributed by atoms with Crippen LogP contribution in [0.3, 0.4) is 0 Å². The van der Waals surface area contributed by atoms with Gasteiger partial charge in [-0.25, -0.2) is 0 Å². The van der Waals surface area contributed by atoms with Crippen molar-refractivity contribution in [1.82, 2.24) is 90.4 Å². The first-order valence-electron chi connectivity index (χ1n) is 50.2. The summed E-state index contributed by atoms with van der Waals surface area (Å²) in [6, 6.07) is -23.0. The Balaban J connectivity index is 6.89. The van der Waals surface area contributed by atoms with Gasteiger partial charge in [-0.1, -0.05) is 83.1 Å². The van der Waals surface area contributed by atoms with Crippen molar-refractivity contribution >= 4 is 132 Å². The Morgan fingerprint density at radius 3 is 0.674 bits per heavy atom. The minimum absolute atomic E-state index is 0.0147. The second-order valence-electron chi connectivity index (χ2n) is 38.7. The number of amides is 18. The van der Waals surface area contributed by atoms with Crippen molar-refractivity contribution < 1.29 is 96.5 Å². The van der Waals surface area contributed by atoms with Gasteiger partial charge in [-0.3, -0.25) is 86.3 Å². The molecule has 18 atom stereocenters. The molecule has 0 bridgehead atoms. The average molecular weight is 2040 g/mol. The van der Waals surface area contributed by atoms with Crippen molar-refractivity contribution in [2.24, 2.45) is 87.1 Å². The monoisotopic (exact) mass is 2040 g/mol. The standard InChI is InChI=1S/C93H178N26O20S2/c1-52(2)42-59(101)78(124)105-60(28-14-21-35-94)81(127)113-68(44-54(5)6)88(134)107-62(30-16-23-37-96)83(129)115-71(47-57(11)12)90(136)109-65(33-19-26-40-99)86(132)118-74(51-141)92(138)119-76(58(13)121)93(139)111-66(34-20-27-41-100)85(131)117-72(49-120)79(125)103-48-75(122)104-73(50-140)91(137)110-64(32-18-25-39-98)84(130)116-70(46-56(9)10)89(135)108-63(31-17-24-38-97)82(128)114-69(45-55(7)8)87(133)106-61(29-15-22-36-95)80(126)112-67(77(102)123)43-53(3)4/h52-74,76,120-121,140-141H,14-51,94-101H2,1-13H3,(H2,102,123)(H,103,125)(H,104,122)(H,105,124)(H,106,133)(H,107,134)(H,108,135)(H,109,136)(H,110,137)(H,111,139)(H,112,126)(H,113,127)(H,114,128)(H,115,129)(H,116,130)(H,117,131)(H,118,132)(H,119,138)/t58-,59+,60+,61+,62+,63+,64+,65+,66+,67+,68+,69+,70+,71+,72+,73+,74+,76+/m1/s1. The van der Waals surface area contributed by atoms with Gasteiger partial charge < -0.3 is 152 Å². The predicted molar refractivity (Wildman–Crippen MR) is 545 cm³/mol. The van der Waals surface area contributed by atoms with Gasteiger partial charge in [0, 0.05) is 11.5 Å². The van der Waals surface area contributed by atoms with Crippen LogP contribution in [0.15, 0.2) is 0 Å². The highest BCUT2D eigenvalue weighted by Crippen LogP contribution is 2.19. The van der Waals surface area contributed by atoms with Gasteiger partial charge >= 0.3 is 0 Å². The van der Waals surface area contributed by atoms with Crippen molar-refractivity contribution in [3.05, 3.63) is 0 Å². The molecular weight excluding hydrogens is 1870 g/mol. The van der Waals surface area contributed by atoms with Gasteiger partial charge in [0.2, 0.25) is 106 Å². The van der Waals surface area contributed by atoms with Gasteiger partial charge in [0.15, 0.2) is 0 Å². The summed E-state index contributed by atoms with van der Waals surface area (Å²) in [4.78, 5) is 253. The number of hydrogen-bond donors (Lipinski definition) is 30. The normalized spacial score (nSPS) is 15.3. The number of unbranched alkanes of at least 4 members (excludes halogenated alkanes) is 7. The van der Waals surface area contributed by atoms with E-state index in [1.54, 1.807) is 27.7 Å². The maximum atomic E-state index is 14.6. The van der Waals surface area contributed by atoms with E-state index in [1.807, 2.05) is 55.4 Å². The van der Waals surface area contributed by atoms with E-state index in [1.165, 1.54) is 0 Å². The van der Waals surface area contributed by atoms with Crippen molar-refractivity contribution in [3.8, 4) is 0 Å². The number of primary amides is 1. The molecule has 0 unspecified atom stereocenters. The van der Waals surface area contributed by atoms with Crippen LogP contribution in [0.1, 0.15) is 263 Å². The third-order valence-corrected chi connectivity index (χ3v) is 23.5. The molecule has 46 nitrogen and oxygen atoms in total. The molecule has 0 aromatic heterocycles. The minimum atomic E-state index is -1.87. The lowest BCUT2D eigenvalue weighted by Crippen LogP contribution is -2.62. The maximum absolute atomic E-state index is 14.6. The van der Waals surface area contributed by atoms with Gasteiger partial charge in [0.25, 0.3) is 0 Å². The van der Waals surface area contributed by atoms with Gasteiger partial charge in [0.05, 0.1) is 25.3 Å². The molecule has 0 aromatic carbocycles. The smallest absolute Gasteiger partial charge is 0.245 e. The summed E-state index contributed by atoms with van der Waals surface area (Å²) in [7, 11) is 0. The number of nitrogens with two attached hydrogens (primary N) is 9. The van der Waals surface area contributed by atoms with Crippen LogP contribution in [0, 0.1) is 35.5 Å². The van der Waals surface area contributed by atoms with Crippen molar-refractivity contribution in [3.63, 3.8) is 0 Å². The molecule has 0 saturated heterocycles. The van der Waals surface area contributed by atoms with Crippen LogP contribution in [0.4, 0.5) is 0 Å². The molecule has 812 valence electrons. The van der Waals surface area contributed by atoms with Crippen LogP contribution in [0.25, 0.3) is 0 Å². The lowest BCUT2D eigenvalue weighted by atomic mass is 9.99. The first-order chi connectivity index (χ1) is 66.6. The Kier molecular flexibility index (Phi) is 69.7. The highest BCUT2D eigenvalue weighted by molar-refractivity contribution is 7.80. The fourth-order valence-corrected chi connectivity index (χ4v) is 15.6. The van der Waals surface area contributed by atoms with Crippen LogP contribution >= 0.6 is 25.3 Å². The molecule has 0 rings (SSSR count). The SMILES string of the molecule is CC(C)C[C@H](NC(=O)[C@H](CCCCN)NC(=O)[C@H](CC(C)C)NC(=O)[C@H](CCCCN)NC(=O)[C@H](CC(C)C)NC(=O)[C@H](CCCCN)NC(=O)[C@H](CS)NC(=O)CNC(=O)[C@H](CO)NC(=O)[C@H](CCCCN)NC(=O)[C@@H](NC(=O)[C@H](CS)NC(=O)[C@H](CCCCN)NC(=O)[C@H](CC(C)C)NC(=O)[C@H](CCCCN)NC(=O)[C@H](CC(C)C)NC(=O)[C@H](CCCCN)NC(=O)[C@@H](N)CC(C)C)[C@@H](C)O)C(N)=O. The molecule has 18 amide bonds. The van der Waals surface area contributed by atoms with E-state index in [-0.39, 0.29) is 170 Å². The van der Waals surface area contributed by atoms with Gasteiger partial charge in [-0.2, -0.15) is 25.3 Å². The summed E-state index contributed by atoms with van der Waals surface area (Å²) in [5, 5.41) is 66.0. The van der Waals surface area contributed by atoms with E-state index in [0.717, 1.165) is 6.92 Å². The number of rotatable bonds is 79. The third-order valence-electron chi connectivity index (χ3n) is 22.8. The lowest BCUT2D eigenvalue weighted by molar-refractivity contribution is -0.137. The molecule has 0 aromatic rings. The number of carbonyl (C=O) groups excluding carboxylic acids is 18. The van der Waals surface area contributed by atoms with Crippen LogP contribution < -0.4 is 142 Å². The Hall–Kier alpha value is -9.24. The summed E-state index contributed by atoms with van der Waals surface area (Å²) in [6.45, 7) is 22.7. The molecular formula is C93H178N26O20S2. The number of nitrogens with one attached hydrogen (secondary N) is 17. The highest BCUT2D eigenvalue weighted by atomic mass is 32.1. The van der Waals surface area contributed by atoms with Crippen LogP contribution in [-0.4, -0.2) is 296 Å². The molecule has 0 fully saturated rings. The average Bonchev–Trinajstić information content (AvgIpc) is 0.853. The zero-order valence-electron chi connectivity index (χ0n) is 85.6. The molecule has 0 spiro atoms. The fourth-order valence-electron chi connectivity index (χ4n) is 15.1. The summed E-state index contributed by atoms with van der Waals surface area (Å²) in [6.07, 6.45) is 4.56. The Labute approximate surface area is 844 Å². The second-order valence-corrected chi connectivity index (χ2v) is 39.5. The zero-order chi connectivity index (χ0) is 107. The van der Waals surface area contributed by atoms with E-state index in [0.29, 0.717) is 90.1 Å².